The van der Waals surface area contributed by atoms with Gasteiger partial charge in [0.15, 0.2) is 0 Å². The zero-order valence-corrected chi connectivity index (χ0v) is 12.8. The number of halogens is 3. The second-order valence-corrected chi connectivity index (χ2v) is 6.60. The third-order valence-corrected chi connectivity index (χ3v) is 4.69. The van der Waals surface area contributed by atoms with Gasteiger partial charge in [-0.05, 0) is 30.9 Å². The molecule has 1 aliphatic rings. The summed E-state index contributed by atoms with van der Waals surface area (Å²) in [6.07, 6.45) is -0.326. The smallest absolute Gasteiger partial charge is 0.360 e. The maximum Gasteiger partial charge on any atom is 0.416 e. The number of aromatic nitrogens is 3. The van der Waals surface area contributed by atoms with Crippen molar-refractivity contribution in [1.29, 1.82) is 0 Å². The average molecular weight is 338 g/mol. The van der Waals surface area contributed by atoms with E-state index in [1.165, 1.54) is 30.2 Å². The molecular formula is C15H13F3N4S. The molecule has 1 fully saturated rings. The van der Waals surface area contributed by atoms with E-state index in [9.17, 15) is 13.2 Å². The molecule has 0 bridgehead atoms. The fraction of sp³-hybridized carbons (Fsp3) is 0.333. The maximum atomic E-state index is 12.9. The van der Waals surface area contributed by atoms with E-state index in [1.54, 1.807) is 16.8 Å². The molecular weight excluding hydrogens is 325 g/mol. The quantitative estimate of drug-likeness (QED) is 0.771. The summed E-state index contributed by atoms with van der Waals surface area (Å²) in [5.74, 6) is 0.717. The molecule has 1 N–H and O–H groups in total. The molecule has 0 spiro atoms. The third-order valence-electron chi connectivity index (χ3n) is 3.81. The Morgan fingerprint density at radius 2 is 2.13 bits per heavy atom. The highest BCUT2D eigenvalue weighted by molar-refractivity contribution is 7.20. The van der Waals surface area contributed by atoms with Crippen molar-refractivity contribution < 1.29 is 13.2 Å². The summed E-state index contributed by atoms with van der Waals surface area (Å²) in [4.78, 5) is 4.91. The molecule has 4 rings (SSSR count). The lowest BCUT2D eigenvalue weighted by molar-refractivity contribution is -0.137. The van der Waals surface area contributed by atoms with Gasteiger partial charge in [-0.15, -0.1) is 5.10 Å². The minimum absolute atomic E-state index is 0.450. The van der Waals surface area contributed by atoms with Crippen LogP contribution in [-0.4, -0.2) is 21.1 Å². The SMILES string of the molecule is FC(F)(F)c1cccc(-c2cnc3sc(NCC4CC4)nn23)c1. The van der Waals surface area contributed by atoms with Crippen molar-refractivity contribution in [1.82, 2.24) is 14.6 Å². The van der Waals surface area contributed by atoms with Crippen LogP contribution in [-0.2, 0) is 6.18 Å². The van der Waals surface area contributed by atoms with Gasteiger partial charge in [-0.1, -0.05) is 23.5 Å². The molecule has 23 heavy (non-hydrogen) atoms. The highest BCUT2D eigenvalue weighted by Gasteiger charge is 2.30. The molecule has 0 unspecified atom stereocenters. The Morgan fingerprint density at radius 1 is 1.30 bits per heavy atom. The number of fused-ring (bicyclic) bond motifs is 1. The standard InChI is InChI=1S/C15H13F3N4S/c16-15(17,18)11-3-1-2-10(6-11)12-8-20-14-22(12)21-13(23-14)19-7-9-4-5-9/h1-3,6,8-9H,4-5,7H2,(H,19,21). The van der Waals surface area contributed by atoms with E-state index in [0.717, 1.165) is 23.8 Å². The fourth-order valence-corrected chi connectivity index (χ4v) is 3.15. The summed E-state index contributed by atoms with van der Waals surface area (Å²) in [6, 6.07) is 5.22. The molecule has 8 heteroatoms. The first kappa shape index (κ1) is 14.5. The van der Waals surface area contributed by atoms with Crippen LogP contribution in [0.3, 0.4) is 0 Å². The molecule has 0 aliphatic heterocycles. The molecule has 3 aromatic rings. The maximum absolute atomic E-state index is 12.9. The normalized spacial score (nSPS) is 15.3. The zero-order chi connectivity index (χ0) is 16.0. The van der Waals surface area contributed by atoms with Gasteiger partial charge in [-0.3, -0.25) is 0 Å². The molecule has 0 amide bonds. The second kappa shape index (κ2) is 5.23. The molecule has 1 aliphatic carbocycles. The minimum Gasteiger partial charge on any atom is -0.360 e. The largest absolute Gasteiger partial charge is 0.416 e. The van der Waals surface area contributed by atoms with Crippen LogP contribution in [0.4, 0.5) is 18.3 Å². The Hall–Kier alpha value is -2.09. The molecule has 4 nitrogen and oxygen atoms in total. The Bertz CT molecular complexity index is 848. The van der Waals surface area contributed by atoms with E-state index < -0.39 is 11.7 Å². The van der Waals surface area contributed by atoms with Crippen LogP contribution in [0.25, 0.3) is 16.2 Å². The first-order chi connectivity index (χ1) is 11.0. The van der Waals surface area contributed by atoms with E-state index >= 15 is 0 Å². The van der Waals surface area contributed by atoms with Gasteiger partial charge in [0, 0.05) is 12.1 Å². The van der Waals surface area contributed by atoms with Crippen molar-refractivity contribution in [2.75, 3.05) is 11.9 Å². The molecule has 0 atom stereocenters. The second-order valence-electron chi connectivity index (χ2n) is 5.65. The van der Waals surface area contributed by atoms with E-state index in [-0.39, 0.29) is 0 Å². The van der Waals surface area contributed by atoms with E-state index in [1.807, 2.05) is 0 Å². The van der Waals surface area contributed by atoms with Crippen LogP contribution in [0.15, 0.2) is 30.5 Å². The monoisotopic (exact) mass is 338 g/mol. The topological polar surface area (TPSA) is 42.2 Å². The average Bonchev–Trinajstić information content (AvgIpc) is 3.13. The molecule has 0 radical (unpaired) electrons. The van der Waals surface area contributed by atoms with Crippen LogP contribution in [0, 0.1) is 5.92 Å². The summed E-state index contributed by atoms with van der Waals surface area (Å²) in [5.41, 5.74) is 0.334. The number of benzene rings is 1. The first-order valence-corrected chi connectivity index (χ1v) is 8.08. The van der Waals surface area contributed by atoms with Crippen LogP contribution >= 0.6 is 11.3 Å². The van der Waals surface area contributed by atoms with Gasteiger partial charge in [-0.25, -0.2) is 9.50 Å². The Labute approximate surface area is 134 Å². The van der Waals surface area contributed by atoms with Crippen LogP contribution in [0.1, 0.15) is 18.4 Å². The van der Waals surface area contributed by atoms with Gasteiger partial charge in [0.25, 0.3) is 0 Å². The number of anilines is 1. The molecule has 1 saturated carbocycles. The van der Waals surface area contributed by atoms with E-state index in [2.05, 4.69) is 15.4 Å². The summed E-state index contributed by atoms with van der Waals surface area (Å²) in [6.45, 7) is 0.884. The Kier molecular flexibility index (Phi) is 3.29. The van der Waals surface area contributed by atoms with Crippen molar-refractivity contribution in [3.63, 3.8) is 0 Å². The van der Waals surface area contributed by atoms with Crippen molar-refractivity contribution in [3.8, 4) is 11.3 Å². The molecule has 2 aromatic heterocycles. The van der Waals surface area contributed by atoms with Crippen molar-refractivity contribution in [2.45, 2.75) is 19.0 Å². The minimum atomic E-state index is -4.36. The number of imidazole rings is 1. The number of hydrogen-bond donors (Lipinski definition) is 1. The highest BCUT2D eigenvalue weighted by atomic mass is 32.1. The number of rotatable bonds is 4. The third kappa shape index (κ3) is 2.90. The molecule has 120 valence electrons. The summed E-state index contributed by atoms with van der Waals surface area (Å²) in [7, 11) is 0. The molecule has 0 saturated heterocycles. The van der Waals surface area contributed by atoms with Crippen LogP contribution < -0.4 is 5.32 Å². The Balaban J connectivity index is 1.67. The van der Waals surface area contributed by atoms with Crippen LogP contribution in [0.5, 0.6) is 0 Å². The first-order valence-electron chi connectivity index (χ1n) is 7.27. The lowest BCUT2D eigenvalue weighted by Gasteiger charge is -2.07. The number of hydrogen-bond acceptors (Lipinski definition) is 4. The summed E-state index contributed by atoms with van der Waals surface area (Å²) < 4.78 is 40.2. The van der Waals surface area contributed by atoms with Crippen molar-refractivity contribution in [3.05, 3.63) is 36.0 Å². The molecule has 2 heterocycles. The predicted molar refractivity (Wildman–Crippen MR) is 82.5 cm³/mol. The summed E-state index contributed by atoms with van der Waals surface area (Å²) >= 11 is 1.40. The number of nitrogens with one attached hydrogen (secondary N) is 1. The number of nitrogens with zero attached hydrogens (tertiary/aromatic N) is 3. The van der Waals surface area contributed by atoms with Gasteiger partial charge < -0.3 is 5.32 Å². The van der Waals surface area contributed by atoms with Crippen molar-refractivity contribution >= 4 is 21.4 Å². The summed E-state index contributed by atoms with van der Waals surface area (Å²) in [5, 5.41) is 8.43. The highest BCUT2D eigenvalue weighted by Crippen LogP contribution is 2.33. The fourth-order valence-electron chi connectivity index (χ4n) is 2.37. The van der Waals surface area contributed by atoms with E-state index in [0.29, 0.717) is 22.1 Å². The van der Waals surface area contributed by atoms with Gasteiger partial charge in [0.05, 0.1) is 17.5 Å². The predicted octanol–water partition coefficient (Wildman–Crippen LogP) is 4.30. The number of alkyl halides is 3. The van der Waals surface area contributed by atoms with Gasteiger partial charge in [-0.2, -0.15) is 13.2 Å². The van der Waals surface area contributed by atoms with Gasteiger partial charge in [0.1, 0.15) is 0 Å². The van der Waals surface area contributed by atoms with Gasteiger partial charge in [0.2, 0.25) is 10.1 Å². The van der Waals surface area contributed by atoms with Crippen molar-refractivity contribution in [2.24, 2.45) is 5.92 Å². The lowest BCUT2D eigenvalue weighted by atomic mass is 10.1. The van der Waals surface area contributed by atoms with Crippen LogP contribution in [0.2, 0.25) is 0 Å². The lowest BCUT2D eigenvalue weighted by Crippen LogP contribution is -2.05. The zero-order valence-electron chi connectivity index (χ0n) is 12.0. The Morgan fingerprint density at radius 3 is 2.87 bits per heavy atom. The van der Waals surface area contributed by atoms with E-state index in [4.69, 9.17) is 0 Å². The molecule has 1 aromatic carbocycles. The van der Waals surface area contributed by atoms with Gasteiger partial charge >= 0.3 is 6.18 Å².